The molecule has 0 radical (unpaired) electrons. The van der Waals surface area contributed by atoms with Gasteiger partial charge in [-0.3, -0.25) is 4.79 Å². The second kappa shape index (κ2) is 9.11. The molecule has 0 bridgehead atoms. The van der Waals surface area contributed by atoms with Crippen LogP contribution in [-0.2, 0) is 9.53 Å². The van der Waals surface area contributed by atoms with Crippen LogP contribution in [0.25, 0.3) is 0 Å². The van der Waals surface area contributed by atoms with Crippen LogP contribution in [-0.4, -0.2) is 62.3 Å². The third kappa shape index (κ3) is 3.65. The summed E-state index contributed by atoms with van der Waals surface area (Å²) >= 11 is 0. The molecule has 6 heteroatoms. The lowest BCUT2D eigenvalue weighted by molar-refractivity contribution is -0.193. The molecule has 6 aliphatic rings. The fraction of sp³-hybridized carbons (Fsp3) is 0.906. The van der Waals surface area contributed by atoms with Crippen molar-refractivity contribution in [2.75, 3.05) is 6.61 Å². The molecule has 0 aromatic heterocycles. The first kappa shape index (κ1) is 27.4. The molecule has 6 rings (SSSR count). The second-order valence-electron chi connectivity index (χ2n) is 15.0. The molecule has 4 saturated carbocycles. The molecule has 5 aliphatic carbocycles. The molecule has 38 heavy (non-hydrogen) atoms. The van der Waals surface area contributed by atoms with E-state index in [2.05, 4.69) is 20.8 Å². The quantitative estimate of drug-likeness (QED) is 0.435. The van der Waals surface area contributed by atoms with Gasteiger partial charge in [0.2, 0.25) is 0 Å². The number of hydrogen-bond acceptors (Lipinski definition) is 6. The van der Waals surface area contributed by atoms with Gasteiger partial charge in [0, 0.05) is 11.3 Å². The standard InChI is InChI=1S/C32H50O6/c1-18-21(19-7-5-6-8-19)17-38-27(18)28(35)31(4,36)26-11-14-32(37)23-16-25(34)24-15-20(33)9-12-29(24,2)22(23)10-13-30(26,32)3/h16,18-22,24,26-28,33,35-37H,5-15,17H2,1-4H3. The number of ketones is 1. The Labute approximate surface area is 228 Å². The zero-order valence-corrected chi connectivity index (χ0v) is 23.9. The van der Waals surface area contributed by atoms with Gasteiger partial charge in [-0.1, -0.05) is 46.5 Å². The van der Waals surface area contributed by atoms with E-state index in [1.807, 2.05) is 0 Å². The van der Waals surface area contributed by atoms with Crippen LogP contribution in [0.15, 0.2) is 11.6 Å². The van der Waals surface area contributed by atoms with Crippen molar-refractivity contribution >= 4 is 5.78 Å². The summed E-state index contributed by atoms with van der Waals surface area (Å²) in [5, 5.41) is 46.6. The molecule has 0 spiro atoms. The average molecular weight is 531 g/mol. The highest BCUT2D eigenvalue weighted by Gasteiger charge is 2.69. The molecule has 6 nitrogen and oxygen atoms in total. The highest BCUT2D eigenvalue weighted by atomic mass is 16.5. The Morgan fingerprint density at radius 3 is 2.47 bits per heavy atom. The molecule has 1 saturated heterocycles. The third-order valence-electron chi connectivity index (χ3n) is 13.4. The first-order valence-electron chi connectivity index (χ1n) is 15.5. The fourth-order valence-electron chi connectivity index (χ4n) is 10.9. The monoisotopic (exact) mass is 530 g/mol. The normalized spacial score (nSPS) is 51.6. The van der Waals surface area contributed by atoms with Gasteiger partial charge in [-0.15, -0.1) is 0 Å². The minimum atomic E-state index is -1.42. The van der Waals surface area contributed by atoms with Crippen molar-refractivity contribution in [3.8, 4) is 0 Å². The van der Waals surface area contributed by atoms with E-state index in [0.29, 0.717) is 44.1 Å². The highest BCUT2D eigenvalue weighted by Crippen LogP contribution is 2.68. The Balaban J connectivity index is 1.27. The van der Waals surface area contributed by atoms with Gasteiger partial charge in [-0.05, 0) is 98.5 Å². The zero-order valence-electron chi connectivity index (χ0n) is 23.9. The van der Waals surface area contributed by atoms with Crippen molar-refractivity contribution in [1.82, 2.24) is 0 Å². The Morgan fingerprint density at radius 1 is 1.05 bits per heavy atom. The summed E-state index contributed by atoms with van der Waals surface area (Å²) in [5.41, 5.74) is -2.65. The Hall–Kier alpha value is -0.790. The lowest BCUT2D eigenvalue weighted by Gasteiger charge is -2.60. The van der Waals surface area contributed by atoms with Crippen molar-refractivity contribution in [1.29, 1.82) is 0 Å². The lowest BCUT2D eigenvalue weighted by Crippen LogP contribution is -2.63. The number of carbonyl (C=O) groups excluding carboxylic acids is 1. The Kier molecular flexibility index (Phi) is 6.56. The summed E-state index contributed by atoms with van der Waals surface area (Å²) in [4.78, 5) is 13.4. The number of fused-ring (bicyclic) bond motifs is 5. The molecule has 0 aromatic carbocycles. The maximum atomic E-state index is 13.4. The van der Waals surface area contributed by atoms with Crippen LogP contribution in [0, 0.1) is 46.3 Å². The van der Waals surface area contributed by atoms with Crippen molar-refractivity contribution < 1.29 is 30.0 Å². The van der Waals surface area contributed by atoms with Crippen LogP contribution < -0.4 is 0 Å². The van der Waals surface area contributed by atoms with Gasteiger partial charge in [0.25, 0.3) is 0 Å². The molecule has 1 aliphatic heterocycles. The molecule has 0 aromatic rings. The number of aliphatic hydroxyl groups is 4. The number of carbonyl (C=O) groups is 1. The predicted molar refractivity (Wildman–Crippen MR) is 144 cm³/mol. The average Bonchev–Trinajstić information content (AvgIpc) is 3.58. The first-order valence-corrected chi connectivity index (χ1v) is 15.5. The lowest BCUT2D eigenvalue weighted by atomic mass is 9.46. The molecular formula is C32H50O6. The van der Waals surface area contributed by atoms with Gasteiger partial charge in [0.15, 0.2) is 5.78 Å². The van der Waals surface area contributed by atoms with Crippen LogP contribution in [0.5, 0.6) is 0 Å². The van der Waals surface area contributed by atoms with Gasteiger partial charge in [-0.2, -0.15) is 0 Å². The summed E-state index contributed by atoms with van der Waals surface area (Å²) in [6.45, 7) is 8.85. The molecule has 0 amide bonds. The largest absolute Gasteiger partial charge is 0.393 e. The van der Waals surface area contributed by atoms with E-state index in [1.165, 1.54) is 25.7 Å². The summed E-state index contributed by atoms with van der Waals surface area (Å²) in [5.74, 6) is 0.904. The number of hydrogen-bond donors (Lipinski definition) is 4. The number of rotatable bonds is 4. The third-order valence-corrected chi connectivity index (χ3v) is 13.4. The van der Waals surface area contributed by atoms with E-state index in [0.717, 1.165) is 24.8 Å². The molecule has 4 N–H and O–H groups in total. The van der Waals surface area contributed by atoms with Crippen molar-refractivity contribution in [3.63, 3.8) is 0 Å². The van der Waals surface area contributed by atoms with Crippen LogP contribution in [0.1, 0.15) is 98.3 Å². The summed E-state index contributed by atoms with van der Waals surface area (Å²) in [7, 11) is 0. The van der Waals surface area contributed by atoms with Crippen LogP contribution >= 0.6 is 0 Å². The summed E-state index contributed by atoms with van der Waals surface area (Å²) in [6.07, 6.45) is 9.55. The van der Waals surface area contributed by atoms with Crippen molar-refractivity contribution in [3.05, 3.63) is 11.6 Å². The van der Waals surface area contributed by atoms with Crippen molar-refractivity contribution in [2.24, 2.45) is 46.3 Å². The van der Waals surface area contributed by atoms with Crippen LogP contribution in [0.4, 0.5) is 0 Å². The minimum Gasteiger partial charge on any atom is -0.393 e. The molecule has 214 valence electrons. The summed E-state index contributed by atoms with van der Waals surface area (Å²) in [6, 6.07) is 0. The topological polar surface area (TPSA) is 107 Å². The maximum absolute atomic E-state index is 13.4. The number of aliphatic hydroxyl groups excluding tert-OH is 2. The van der Waals surface area contributed by atoms with Gasteiger partial charge < -0.3 is 25.2 Å². The van der Waals surface area contributed by atoms with Crippen LogP contribution in [0.3, 0.4) is 0 Å². The van der Waals surface area contributed by atoms with Gasteiger partial charge in [0.05, 0.1) is 30.0 Å². The molecule has 12 unspecified atom stereocenters. The van der Waals surface area contributed by atoms with E-state index >= 15 is 0 Å². The second-order valence-corrected chi connectivity index (χ2v) is 15.0. The smallest absolute Gasteiger partial charge is 0.159 e. The van der Waals surface area contributed by atoms with E-state index in [4.69, 9.17) is 4.74 Å². The molecular weight excluding hydrogens is 480 g/mol. The SMILES string of the molecule is CC1C(C2CCCC2)COC1C(O)C(C)(O)C1CCC2(O)C3=CC(=O)C4CC(O)CCC4(C)C3CCC12C. The van der Waals surface area contributed by atoms with E-state index in [9.17, 15) is 25.2 Å². The summed E-state index contributed by atoms with van der Waals surface area (Å²) < 4.78 is 6.22. The van der Waals surface area contributed by atoms with Gasteiger partial charge in [0.1, 0.15) is 6.10 Å². The fourth-order valence-corrected chi connectivity index (χ4v) is 10.9. The Bertz CT molecular complexity index is 984. The van der Waals surface area contributed by atoms with Crippen molar-refractivity contribution in [2.45, 2.75) is 128 Å². The van der Waals surface area contributed by atoms with E-state index < -0.39 is 34.9 Å². The molecule has 5 fully saturated rings. The molecule has 12 atom stereocenters. The van der Waals surface area contributed by atoms with E-state index in [1.54, 1.807) is 13.0 Å². The predicted octanol–water partition coefficient (Wildman–Crippen LogP) is 4.17. The van der Waals surface area contributed by atoms with Gasteiger partial charge in [-0.25, -0.2) is 0 Å². The minimum absolute atomic E-state index is 0.0385. The number of allylic oxidation sites excluding steroid dienone is 1. The first-order chi connectivity index (χ1) is 17.8. The zero-order chi connectivity index (χ0) is 27.3. The van der Waals surface area contributed by atoms with Crippen LogP contribution in [0.2, 0.25) is 0 Å². The molecule has 1 heterocycles. The van der Waals surface area contributed by atoms with E-state index in [-0.39, 0.29) is 34.9 Å². The van der Waals surface area contributed by atoms with Gasteiger partial charge >= 0.3 is 0 Å². The highest BCUT2D eigenvalue weighted by molar-refractivity contribution is 5.95. The Morgan fingerprint density at radius 2 is 1.76 bits per heavy atom. The maximum Gasteiger partial charge on any atom is 0.159 e. The number of ether oxygens (including phenoxy) is 1.